The van der Waals surface area contributed by atoms with Gasteiger partial charge < -0.3 is 15.2 Å². The van der Waals surface area contributed by atoms with Gasteiger partial charge in [0.15, 0.2) is 0 Å². The molecule has 0 aliphatic heterocycles. The number of hydrogen-bond donors (Lipinski definition) is 1. The first-order valence-electron chi connectivity index (χ1n) is 3.82. The van der Waals surface area contributed by atoms with Gasteiger partial charge in [-0.2, -0.15) is 0 Å². The van der Waals surface area contributed by atoms with Gasteiger partial charge in [-0.05, 0) is 28.1 Å². The summed E-state index contributed by atoms with van der Waals surface area (Å²) in [6, 6.07) is 3.37. The predicted molar refractivity (Wildman–Crippen MR) is 55.8 cm³/mol. The third kappa shape index (κ3) is 1.82. The molecule has 0 saturated carbocycles. The number of hydrogen-bond acceptors (Lipinski definition) is 3. The Morgan fingerprint density at radius 2 is 2.00 bits per heavy atom. The maximum Gasteiger partial charge on any atom is 0.256 e. The Labute approximate surface area is 90.1 Å². The summed E-state index contributed by atoms with van der Waals surface area (Å²) in [4.78, 5) is 11.2. The van der Waals surface area contributed by atoms with Crippen LogP contribution < -0.4 is 15.2 Å². The summed E-state index contributed by atoms with van der Waals surface area (Å²) in [6.07, 6.45) is 0. The highest BCUT2D eigenvalue weighted by molar-refractivity contribution is 9.10. The third-order valence-electron chi connectivity index (χ3n) is 1.74. The van der Waals surface area contributed by atoms with E-state index in [1.165, 1.54) is 14.2 Å². The minimum absolute atomic E-state index is 0.240. The van der Waals surface area contributed by atoms with E-state index in [-0.39, 0.29) is 5.56 Å². The van der Waals surface area contributed by atoms with E-state index in [4.69, 9.17) is 15.2 Å². The fraction of sp³-hybridized carbons (Fsp3) is 0.222. The van der Waals surface area contributed by atoms with Crippen molar-refractivity contribution in [2.45, 2.75) is 0 Å². The van der Waals surface area contributed by atoms with E-state index in [2.05, 4.69) is 15.9 Å². The van der Waals surface area contributed by atoms with Crippen LogP contribution in [-0.2, 0) is 0 Å². The summed E-state index contributed by atoms with van der Waals surface area (Å²) in [6.45, 7) is 0. The molecule has 5 heteroatoms. The maximum absolute atomic E-state index is 11.2. The molecule has 76 valence electrons. The number of carbonyl (C=O) groups excluding carboxylic acids is 1. The highest BCUT2D eigenvalue weighted by Crippen LogP contribution is 2.34. The van der Waals surface area contributed by atoms with Gasteiger partial charge in [0.1, 0.15) is 17.1 Å². The summed E-state index contributed by atoms with van der Waals surface area (Å²) in [5.74, 6) is 0.203. The lowest BCUT2D eigenvalue weighted by molar-refractivity contribution is 0.0994. The molecule has 4 nitrogen and oxygen atoms in total. The molecule has 0 fully saturated rings. The van der Waals surface area contributed by atoms with Crippen LogP contribution in [0.3, 0.4) is 0 Å². The molecule has 1 aromatic carbocycles. The number of rotatable bonds is 3. The number of methoxy groups -OCH3 is 2. The van der Waals surface area contributed by atoms with Gasteiger partial charge in [0.25, 0.3) is 5.91 Å². The van der Waals surface area contributed by atoms with E-state index in [0.29, 0.717) is 16.0 Å². The number of ether oxygens (including phenoxy) is 2. The van der Waals surface area contributed by atoms with Gasteiger partial charge in [0.2, 0.25) is 0 Å². The number of nitrogens with two attached hydrogens (primary N) is 1. The molecule has 1 rings (SSSR count). The van der Waals surface area contributed by atoms with Crippen LogP contribution in [0.1, 0.15) is 10.4 Å². The van der Waals surface area contributed by atoms with Gasteiger partial charge in [-0.1, -0.05) is 0 Å². The fourth-order valence-corrected chi connectivity index (χ4v) is 1.63. The number of carbonyl (C=O) groups is 1. The lowest BCUT2D eigenvalue weighted by Gasteiger charge is -2.11. The summed E-state index contributed by atoms with van der Waals surface area (Å²) in [5, 5.41) is 0. The molecule has 14 heavy (non-hydrogen) atoms. The van der Waals surface area contributed by atoms with E-state index in [9.17, 15) is 4.79 Å². The number of benzene rings is 1. The highest BCUT2D eigenvalue weighted by atomic mass is 79.9. The van der Waals surface area contributed by atoms with Crippen molar-refractivity contribution in [2.24, 2.45) is 5.73 Å². The second-order valence-electron chi connectivity index (χ2n) is 2.52. The number of primary amides is 1. The van der Waals surface area contributed by atoms with Crippen molar-refractivity contribution in [3.8, 4) is 11.5 Å². The van der Waals surface area contributed by atoms with Crippen molar-refractivity contribution in [3.05, 3.63) is 22.2 Å². The molecule has 1 amide bonds. The minimum Gasteiger partial charge on any atom is -0.496 e. The zero-order valence-electron chi connectivity index (χ0n) is 7.83. The van der Waals surface area contributed by atoms with E-state index in [0.717, 1.165) is 0 Å². The number of amides is 1. The Kier molecular flexibility index (Phi) is 3.35. The summed E-state index contributed by atoms with van der Waals surface area (Å²) in [7, 11) is 2.93. The van der Waals surface area contributed by atoms with Crippen LogP contribution in [0.4, 0.5) is 0 Å². The van der Waals surface area contributed by atoms with Crippen LogP contribution in [0.25, 0.3) is 0 Å². The average molecular weight is 260 g/mol. The van der Waals surface area contributed by atoms with Crippen molar-refractivity contribution in [1.82, 2.24) is 0 Å². The molecule has 1 aromatic rings. The monoisotopic (exact) mass is 259 g/mol. The fourth-order valence-electron chi connectivity index (χ4n) is 1.14. The zero-order valence-corrected chi connectivity index (χ0v) is 9.42. The average Bonchev–Trinajstić information content (AvgIpc) is 2.17. The molecule has 0 atom stereocenters. The molecule has 0 aliphatic carbocycles. The molecule has 0 radical (unpaired) electrons. The summed E-state index contributed by atoms with van der Waals surface area (Å²) >= 11 is 3.25. The number of halogens is 1. The van der Waals surface area contributed by atoms with E-state index >= 15 is 0 Å². The van der Waals surface area contributed by atoms with Crippen molar-refractivity contribution in [2.75, 3.05) is 14.2 Å². The molecule has 0 unspecified atom stereocenters. The first-order valence-corrected chi connectivity index (χ1v) is 4.61. The van der Waals surface area contributed by atoms with Gasteiger partial charge in [-0.15, -0.1) is 0 Å². The summed E-state index contributed by atoms with van der Waals surface area (Å²) < 4.78 is 10.7. The Morgan fingerprint density at radius 3 is 2.43 bits per heavy atom. The smallest absolute Gasteiger partial charge is 0.256 e. The molecule has 0 saturated heterocycles. The minimum atomic E-state index is -0.583. The zero-order chi connectivity index (χ0) is 10.7. The van der Waals surface area contributed by atoms with Crippen LogP contribution in [0, 0.1) is 0 Å². The second kappa shape index (κ2) is 4.32. The van der Waals surface area contributed by atoms with Crippen molar-refractivity contribution >= 4 is 21.8 Å². The molecular weight excluding hydrogens is 250 g/mol. The van der Waals surface area contributed by atoms with Crippen LogP contribution in [-0.4, -0.2) is 20.1 Å². The van der Waals surface area contributed by atoms with Crippen LogP contribution in [0.15, 0.2) is 16.6 Å². The quantitative estimate of drug-likeness (QED) is 0.897. The van der Waals surface area contributed by atoms with E-state index in [1.54, 1.807) is 12.1 Å². The Morgan fingerprint density at radius 1 is 1.36 bits per heavy atom. The maximum atomic E-state index is 11.2. The molecule has 0 aliphatic rings. The largest absolute Gasteiger partial charge is 0.496 e. The van der Waals surface area contributed by atoms with Gasteiger partial charge in [-0.3, -0.25) is 4.79 Å². The van der Waals surface area contributed by atoms with E-state index in [1.807, 2.05) is 0 Å². The van der Waals surface area contributed by atoms with Crippen molar-refractivity contribution in [1.29, 1.82) is 0 Å². The molecule has 0 aromatic heterocycles. The van der Waals surface area contributed by atoms with Gasteiger partial charge in [-0.25, -0.2) is 0 Å². The van der Waals surface area contributed by atoms with Crippen molar-refractivity contribution in [3.63, 3.8) is 0 Å². The summed E-state index contributed by atoms with van der Waals surface area (Å²) in [5.41, 5.74) is 5.46. The molecular formula is C9H10BrNO3. The highest BCUT2D eigenvalue weighted by Gasteiger charge is 2.17. The predicted octanol–water partition coefficient (Wildman–Crippen LogP) is 1.57. The topological polar surface area (TPSA) is 61.6 Å². The van der Waals surface area contributed by atoms with Crippen molar-refractivity contribution < 1.29 is 14.3 Å². The Hall–Kier alpha value is -1.23. The normalized spacial score (nSPS) is 9.64. The molecule has 0 heterocycles. The molecule has 0 bridgehead atoms. The lowest BCUT2D eigenvalue weighted by Crippen LogP contribution is -2.14. The molecule has 0 spiro atoms. The van der Waals surface area contributed by atoms with Gasteiger partial charge >= 0.3 is 0 Å². The first kappa shape index (κ1) is 10.8. The van der Waals surface area contributed by atoms with Crippen LogP contribution >= 0.6 is 15.9 Å². The first-order chi connectivity index (χ1) is 6.61. The SMILES string of the molecule is COc1ccc(Br)c(OC)c1C(N)=O. The van der Waals surface area contributed by atoms with Gasteiger partial charge in [0, 0.05) is 0 Å². The standard InChI is InChI=1S/C9H10BrNO3/c1-13-6-4-3-5(10)8(14-2)7(6)9(11)12/h3-4H,1-2H3,(H2,11,12). The van der Waals surface area contributed by atoms with Gasteiger partial charge in [0.05, 0.1) is 18.7 Å². The Bertz CT molecular complexity index is 365. The lowest BCUT2D eigenvalue weighted by atomic mass is 10.1. The third-order valence-corrected chi connectivity index (χ3v) is 2.37. The second-order valence-corrected chi connectivity index (χ2v) is 3.38. The van der Waals surface area contributed by atoms with E-state index < -0.39 is 5.91 Å². The van der Waals surface area contributed by atoms with Crippen LogP contribution in [0.5, 0.6) is 11.5 Å². The van der Waals surface area contributed by atoms with Crippen LogP contribution in [0.2, 0.25) is 0 Å². The molecule has 2 N–H and O–H groups in total. The Balaban J connectivity index is 3.43.